The van der Waals surface area contributed by atoms with E-state index in [4.69, 9.17) is 0 Å². The SMILES string of the molecule is O=C=N[C@H]1CCCCC[C@@H]1I. The maximum atomic E-state index is 10.0. The van der Waals surface area contributed by atoms with Crippen molar-refractivity contribution in [2.75, 3.05) is 0 Å². The van der Waals surface area contributed by atoms with E-state index in [2.05, 4.69) is 27.6 Å². The van der Waals surface area contributed by atoms with E-state index in [0.717, 1.165) is 6.42 Å². The van der Waals surface area contributed by atoms with Crippen molar-refractivity contribution in [2.24, 2.45) is 4.99 Å². The number of nitrogens with zero attached hydrogens (tertiary/aromatic N) is 1. The molecule has 0 aromatic rings. The summed E-state index contributed by atoms with van der Waals surface area (Å²) in [6.07, 6.45) is 7.75. The molecule has 0 saturated heterocycles. The topological polar surface area (TPSA) is 29.4 Å². The van der Waals surface area contributed by atoms with Crippen LogP contribution in [0.5, 0.6) is 0 Å². The Balaban J connectivity index is 2.51. The monoisotopic (exact) mass is 265 g/mol. The number of alkyl halides is 1. The molecular weight excluding hydrogens is 253 g/mol. The van der Waals surface area contributed by atoms with Gasteiger partial charge in [-0.3, -0.25) is 0 Å². The van der Waals surface area contributed by atoms with Crippen molar-refractivity contribution in [1.29, 1.82) is 0 Å². The van der Waals surface area contributed by atoms with Crippen LogP contribution < -0.4 is 0 Å². The van der Waals surface area contributed by atoms with Crippen LogP contribution in [0.4, 0.5) is 0 Å². The minimum absolute atomic E-state index is 0.246. The lowest BCUT2D eigenvalue weighted by atomic mass is 10.1. The largest absolute Gasteiger partial charge is 0.235 e. The molecule has 2 nitrogen and oxygen atoms in total. The molecule has 0 aliphatic heterocycles. The van der Waals surface area contributed by atoms with Gasteiger partial charge >= 0.3 is 0 Å². The average Bonchev–Trinajstić information content (AvgIpc) is 2.18. The minimum Gasteiger partial charge on any atom is -0.211 e. The van der Waals surface area contributed by atoms with E-state index in [1.807, 2.05) is 0 Å². The van der Waals surface area contributed by atoms with E-state index in [1.54, 1.807) is 6.08 Å². The van der Waals surface area contributed by atoms with Gasteiger partial charge in [-0.25, -0.2) is 9.79 Å². The molecule has 62 valence electrons. The van der Waals surface area contributed by atoms with E-state index in [-0.39, 0.29) is 6.04 Å². The average molecular weight is 265 g/mol. The molecular formula is C8H12INO. The van der Waals surface area contributed by atoms with Gasteiger partial charge in [0.05, 0.1) is 6.04 Å². The Morgan fingerprint density at radius 3 is 2.73 bits per heavy atom. The van der Waals surface area contributed by atoms with E-state index < -0.39 is 0 Å². The molecule has 0 bridgehead atoms. The molecule has 1 rings (SSSR count). The van der Waals surface area contributed by atoms with E-state index in [1.165, 1.54) is 25.7 Å². The molecule has 0 amide bonds. The molecule has 1 fully saturated rings. The molecule has 0 unspecified atom stereocenters. The first kappa shape index (κ1) is 9.20. The maximum absolute atomic E-state index is 10.0. The van der Waals surface area contributed by atoms with Crippen LogP contribution in [0.2, 0.25) is 0 Å². The molecule has 2 atom stereocenters. The zero-order valence-corrected chi connectivity index (χ0v) is 8.58. The number of hydrogen-bond acceptors (Lipinski definition) is 2. The summed E-state index contributed by atoms with van der Waals surface area (Å²) < 4.78 is 0.552. The second-order valence-corrected chi connectivity index (χ2v) is 4.54. The second kappa shape index (κ2) is 4.88. The number of hydrogen-bond donors (Lipinski definition) is 0. The summed E-state index contributed by atoms with van der Waals surface area (Å²) in [4.78, 5) is 13.8. The van der Waals surface area contributed by atoms with Crippen molar-refractivity contribution in [3.05, 3.63) is 0 Å². The predicted molar refractivity (Wildman–Crippen MR) is 52.8 cm³/mol. The van der Waals surface area contributed by atoms with Crippen molar-refractivity contribution in [3.63, 3.8) is 0 Å². The number of aliphatic imine (C=N–C) groups is 1. The highest BCUT2D eigenvalue weighted by Crippen LogP contribution is 2.25. The van der Waals surface area contributed by atoms with Gasteiger partial charge in [-0.1, -0.05) is 41.9 Å². The molecule has 1 aliphatic rings. The number of isocyanates is 1. The first-order valence-electron chi connectivity index (χ1n) is 4.05. The minimum atomic E-state index is 0.246. The molecule has 0 N–H and O–H groups in total. The van der Waals surface area contributed by atoms with Gasteiger partial charge in [0.25, 0.3) is 0 Å². The van der Waals surface area contributed by atoms with E-state index in [9.17, 15) is 4.79 Å². The normalized spacial score (nSPS) is 32.1. The van der Waals surface area contributed by atoms with Crippen molar-refractivity contribution in [3.8, 4) is 0 Å². The Morgan fingerprint density at radius 1 is 1.27 bits per heavy atom. The van der Waals surface area contributed by atoms with Crippen molar-refractivity contribution in [2.45, 2.75) is 42.1 Å². The third-order valence-corrected chi connectivity index (χ3v) is 3.57. The summed E-state index contributed by atoms with van der Waals surface area (Å²) in [5, 5.41) is 0. The van der Waals surface area contributed by atoms with Crippen LogP contribution in [0.1, 0.15) is 32.1 Å². The van der Waals surface area contributed by atoms with Crippen LogP contribution >= 0.6 is 22.6 Å². The molecule has 0 spiro atoms. The van der Waals surface area contributed by atoms with Gasteiger partial charge in [0.2, 0.25) is 6.08 Å². The van der Waals surface area contributed by atoms with Crippen LogP contribution in [0.3, 0.4) is 0 Å². The number of carbonyl (C=O) groups excluding carboxylic acids is 1. The van der Waals surface area contributed by atoms with Crippen LogP contribution in [0.25, 0.3) is 0 Å². The Labute approximate surface area is 80.6 Å². The summed E-state index contributed by atoms with van der Waals surface area (Å²) in [7, 11) is 0. The highest BCUT2D eigenvalue weighted by molar-refractivity contribution is 14.1. The van der Waals surface area contributed by atoms with Crippen LogP contribution in [0, 0.1) is 0 Å². The third-order valence-electron chi connectivity index (χ3n) is 2.12. The molecule has 0 aromatic carbocycles. The van der Waals surface area contributed by atoms with Gasteiger partial charge in [-0.2, -0.15) is 0 Å². The fourth-order valence-corrected chi connectivity index (χ4v) is 2.42. The summed E-state index contributed by atoms with van der Waals surface area (Å²) in [5.74, 6) is 0. The van der Waals surface area contributed by atoms with Gasteiger partial charge in [-0.05, 0) is 12.8 Å². The van der Waals surface area contributed by atoms with Crippen molar-refractivity contribution >= 4 is 28.7 Å². The summed E-state index contributed by atoms with van der Waals surface area (Å²) in [6.45, 7) is 0. The number of rotatable bonds is 1. The lowest BCUT2D eigenvalue weighted by Gasteiger charge is -2.12. The summed E-state index contributed by atoms with van der Waals surface area (Å²) in [6, 6.07) is 0.246. The maximum Gasteiger partial charge on any atom is 0.235 e. The number of halogens is 1. The first-order valence-corrected chi connectivity index (χ1v) is 5.30. The van der Waals surface area contributed by atoms with Gasteiger partial charge < -0.3 is 0 Å². The summed E-state index contributed by atoms with van der Waals surface area (Å²) >= 11 is 2.39. The zero-order chi connectivity index (χ0) is 8.10. The molecule has 0 radical (unpaired) electrons. The van der Waals surface area contributed by atoms with Crippen LogP contribution in [-0.4, -0.2) is 16.0 Å². The predicted octanol–water partition coefficient (Wildman–Crippen LogP) is 2.46. The highest BCUT2D eigenvalue weighted by Gasteiger charge is 2.19. The summed E-state index contributed by atoms with van der Waals surface area (Å²) in [5.41, 5.74) is 0. The molecule has 0 heterocycles. The Kier molecular flexibility index (Phi) is 4.08. The Bertz CT molecular complexity index is 165. The smallest absolute Gasteiger partial charge is 0.211 e. The Hall–Kier alpha value is 0.110. The highest BCUT2D eigenvalue weighted by atomic mass is 127. The third kappa shape index (κ3) is 2.91. The lowest BCUT2D eigenvalue weighted by Crippen LogP contribution is -2.15. The molecule has 3 heteroatoms. The molecule has 11 heavy (non-hydrogen) atoms. The molecule has 0 aromatic heterocycles. The van der Waals surface area contributed by atoms with Crippen LogP contribution in [-0.2, 0) is 4.79 Å². The molecule has 1 aliphatic carbocycles. The fraction of sp³-hybridized carbons (Fsp3) is 0.875. The van der Waals surface area contributed by atoms with Crippen LogP contribution in [0.15, 0.2) is 4.99 Å². The quantitative estimate of drug-likeness (QED) is 0.235. The van der Waals surface area contributed by atoms with Crippen molar-refractivity contribution in [1.82, 2.24) is 0 Å². The lowest BCUT2D eigenvalue weighted by molar-refractivity contribution is 0.548. The Morgan fingerprint density at radius 2 is 2.00 bits per heavy atom. The van der Waals surface area contributed by atoms with E-state index in [0.29, 0.717) is 3.92 Å². The van der Waals surface area contributed by atoms with Gasteiger partial charge in [-0.15, -0.1) is 0 Å². The van der Waals surface area contributed by atoms with Gasteiger partial charge in [0, 0.05) is 3.92 Å². The first-order chi connectivity index (χ1) is 5.34. The fourth-order valence-electron chi connectivity index (χ4n) is 1.46. The van der Waals surface area contributed by atoms with Crippen molar-refractivity contribution < 1.29 is 4.79 Å². The standard InChI is InChI=1S/C8H12INO/c9-7-4-2-1-3-5-8(7)10-6-11/h7-8H,1-5H2/t7-,8-/m0/s1. The van der Waals surface area contributed by atoms with E-state index >= 15 is 0 Å². The van der Waals surface area contributed by atoms with Gasteiger partial charge in [0.1, 0.15) is 0 Å². The van der Waals surface area contributed by atoms with Gasteiger partial charge in [0.15, 0.2) is 0 Å². The second-order valence-electron chi connectivity index (χ2n) is 2.94. The molecule has 1 saturated carbocycles. The zero-order valence-electron chi connectivity index (χ0n) is 6.42.